The van der Waals surface area contributed by atoms with Crippen LogP contribution in [0.25, 0.3) is 0 Å². The predicted molar refractivity (Wildman–Crippen MR) is 52.8 cm³/mol. The zero-order chi connectivity index (χ0) is 12.8. The molecule has 0 spiro atoms. The topological polar surface area (TPSA) is 64.3 Å². The molecular weight excluding hydrogens is 225 g/mol. The highest BCUT2D eigenvalue weighted by Gasteiger charge is 2.29. The lowest BCUT2D eigenvalue weighted by molar-refractivity contribution is -0.174. The van der Waals surface area contributed by atoms with Gasteiger partial charge in [0.25, 0.3) is 0 Å². The van der Waals surface area contributed by atoms with Crippen molar-refractivity contribution >= 4 is 5.91 Å². The number of hydrogen-bond acceptors (Lipinski definition) is 3. The van der Waals surface area contributed by atoms with Gasteiger partial charge in [-0.15, -0.1) is 0 Å². The number of hydrogen-bond donors (Lipinski definition) is 2. The molecule has 0 heterocycles. The number of amides is 1. The maximum atomic E-state index is 11.7. The van der Waals surface area contributed by atoms with E-state index >= 15 is 0 Å². The number of ether oxygens (including phenoxy) is 1. The molecule has 0 rings (SSSR count). The molecule has 0 aromatic rings. The van der Waals surface area contributed by atoms with Gasteiger partial charge < -0.3 is 15.8 Å². The molecule has 1 atom stereocenters. The van der Waals surface area contributed by atoms with Crippen LogP contribution >= 0.6 is 0 Å². The standard InChI is InChI=1S/C9H17F3N2O2/c1-8(14-2,7(13)15)4-3-5-16-6-9(10,11)12/h14H,3-6H2,1-2H3,(H2,13,15). The van der Waals surface area contributed by atoms with Crippen LogP contribution in [0.5, 0.6) is 0 Å². The van der Waals surface area contributed by atoms with Crippen LogP contribution < -0.4 is 11.1 Å². The Bertz CT molecular complexity index is 233. The molecule has 0 aliphatic carbocycles. The molecule has 7 heteroatoms. The van der Waals surface area contributed by atoms with E-state index in [1.807, 2.05) is 0 Å². The predicted octanol–water partition coefficient (Wildman–Crippen LogP) is 0.809. The second kappa shape index (κ2) is 6.05. The number of carbonyl (C=O) groups excluding carboxylic acids is 1. The van der Waals surface area contributed by atoms with E-state index in [0.29, 0.717) is 12.8 Å². The molecule has 96 valence electrons. The van der Waals surface area contributed by atoms with Gasteiger partial charge in [-0.3, -0.25) is 4.79 Å². The summed E-state index contributed by atoms with van der Waals surface area (Å²) in [4.78, 5) is 11.0. The van der Waals surface area contributed by atoms with Gasteiger partial charge in [0.05, 0.1) is 5.54 Å². The maximum absolute atomic E-state index is 11.7. The van der Waals surface area contributed by atoms with Gasteiger partial charge in [0, 0.05) is 6.61 Å². The van der Waals surface area contributed by atoms with Gasteiger partial charge in [0.2, 0.25) is 5.91 Å². The van der Waals surface area contributed by atoms with Crippen molar-refractivity contribution in [1.29, 1.82) is 0 Å². The first-order chi connectivity index (χ1) is 7.21. The first-order valence-corrected chi connectivity index (χ1v) is 4.84. The van der Waals surface area contributed by atoms with E-state index < -0.39 is 24.2 Å². The molecule has 0 aliphatic heterocycles. The van der Waals surface area contributed by atoms with E-state index in [-0.39, 0.29) is 6.61 Å². The first kappa shape index (κ1) is 15.2. The minimum Gasteiger partial charge on any atom is -0.372 e. The van der Waals surface area contributed by atoms with E-state index in [1.54, 1.807) is 14.0 Å². The fourth-order valence-corrected chi connectivity index (χ4v) is 1.09. The number of carbonyl (C=O) groups is 1. The molecule has 16 heavy (non-hydrogen) atoms. The average Bonchev–Trinajstić information content (AvgIpc) is 2.14. The Morgan fingerprint density at radius 3 is 2.38 bits per heavy atom. The number of nitrogens with two attached hydrogens (primary N) is 1. The zero-order valence-electron chi connectivity index (χ0n) is 9.36. The van der Waals surface area contributed by atoms with Crippen molar-refractivity contribution in [3.63, 3.8) is 0 Å². The molecule has 3 N–H and O–H groups in total. The summed E-state index contributed by atoms with van der Waals surface area (Å²) in [5.41, 5.74) is 4.24. The zero-order valence-corrected chi connectivity index (χ0v) is 9.36. The highest BCUT2D eigenvalue weighted by molar-refractivity contribution is 5.84. The van der Waals surface area contributed by atoms with Gasteiger partial charge in [-0.1, -0.05) is 0 Å². The lowest BCUT2D eigenvalue weighted by atomic mass is 9.95. The van der Waals surface area contributed by atoms with Crippen LogP contribution in [-0.4, -0.2) is 37.9 Å². The maximum Gasteiger partial charge on any atom is 0.411 e. The van der Waals surface area contributed by atoms with Crippen LogP contribution in [0.15, 0.2) is 0 Å². The van der Waals surface area contributed by atoms with E-state index in [4.69, 9.17) is 5.73 Å². The number of primary amides is 1. The second-order valence-electron chi connectivity index (χ2n) is 3.72. The van der Waals surface area contributed by atoms with Gasteiger partial charge in [-0.25, -0.2) is 0 Å². The molecule has 4 nitrogen and oxygen atoms in total. The van der Waals surface area contributed by atoms with Crippen molar-refractivity contribution in [2.45, 2.75) is 31.5 Å². The Labute approximate surface area is 92.3 Å². The fourth-order valence-electron chi connectivity index (χ4n) is 1.09. The summed E-state index contributed by atoms with van der Waals surface area (Å²) >= 11 is 0. The van der Waals surface area contributed by atoms with Crippen LogP contribution in [0.2, 0.25) is 0 Å². The molecule has 0 saturated carbocycles. The van der Waals surface area contributed by atoms with Crippen LogP contribution in [-0.2, 0) is 9.53 Å². The van der Waals surface area contributed by atoms with E-state index in [0.717, 1.165) is 0 Å². The molecule has 1 amide bonds. The molecule has 0 aliphatic rings. The normalized spacial score (nSPS) is 15.8. The van der Waals surface area contributed by atoms with E-state index in [1.165, 1.54) is 0 Å². The Hall–Kier alpha value is -0.820. The molecule has 0 saturated heterocycles. The van der Waals surface area contributed by atoms with Crippen molar-refractivity contribution in [3.8, 4) is 0 Å². The summed E-state index contributed by atoms with van der Waals surface area (Å²) < 4.78 is 39.5. The van der Waals surface area contributed by atoms with Crippen LogP contribution in [0.4, 0.5) is 13.2 Å². The third-order valence-corrected chi connectivity index (χ3v) is 2.33. The Morgan fingerprint density at radius 2 is 2.00 bits per heavy atom. The van der Waals surface area contributed by atoms with E-state index in [2.05, 4.69) is 10.1 Å². The number of likely N-dealkylation sites (N-methyl/N-ethyl adjacent to an activating group) is 1. The number of halogens is 3. The molecule has 0 bridgehead atoms. The fraction of sp³-hybridized carbons (Fsp3) is 0.889. The monoisotopic (exact) mass is 242 g/mol. The Kier molecular flexibility index (Phi) is 5.74. The Balaban J connectivity index is 3.77. The van der Waals surface area contributed by atoms with Crippen molar-refractivity contribution < 1.29 is 22.7 Å². The summed E-state index contributed by atoms with van der Waals surface area (Å²) in [5.74, 6) is -0.536. The summed E-state index contributed by atoms with van der Waals surface area (Å²) in [6.45, 7) is 0.281. The molecule has 0 fully saturated rings. The van der Waals surface area contributed by atoms with Crippen molar-refractivity contribution in [1.82, 2.24) is 5.32 Å². The second-order valence-corrected chi connectivity index (χ2v) is 3.72. The quantitative estimate of drug-likeness (QED) is 0.649. The summed E-state index contributed by atoms with van der Waals surface area (Å²) in [6.07, 6.45) is -3.65. The Morgan fingerprint density at radius 1 is 1.44 bits per heavy atom. The molecule has 0 radical (unpaired) electrons. The van der Waals surface area contributed by atoms with Crippen LogP contribution in [0, 0.1) is 0 Å². The van der Waals surface area contributed by atoms with Crippen LogP contribution in [0.3, 0.4) is 0 Å². The number of nitrogens with one attached hydrogen (secondary N) is 1. The van der Waals surface area contributed by atoms with Gasteiger partial charge in [-0.05, 0) is 26.8 Å². The van der Waals surface area contributed by atoms with Gasteiger partial charge in [0.15, 0.2) is 0 Å². The third-order valence-electron chi connectivity index (χ3n) is 2.33. The minimum atomic E-state index is -4.31. The highest BCUT2D eigenvalue weighted by atomic mass is 19.4. The molecular formula is C9H17F3N2O2. The van der Waals surface area contributed by atoms with E-state index in [9.17, 15) is 18.0 Å². The van der Waals surface area contributed by atoms with Crippen molar-refractivity contribution in [2.75, 3.05) is 20.3 Å². The lowest BCUT2D eigenvalue weighted by Gasteiger charge is -2.25. The summed E-state index contributed by atoms with van der Waals surface area (Å²) in [5, 5.41) is 2.73. The highest BCUT2D eigenvalue weighted by Crippen LogP contribution is 2.15. The third kappa shape index (κ3) is 5.92. The average molecular weight is 242 g/mol. The van der Waals surface area contributed by atoms with Crippen molar-refractivity contribution in [3.05, 3.63) is 0 Å². The summed E-state index contributed by atoms with van der Waals surface area (Å²) in [6, 6.07) is 0. The molecule has 0 aromatic carbocycles. The summed E-state index contributed by atoms with van der Waals surface area (Å²) in [7, 11) is 1.57. The van der Waals surface area contributed by atoms with Crippen LogP contribution in [0.1, 0.15) is 19.8 Å². The first-order valence-electron chi connectivity index (χ1n) is 4.84. The SMILES string of the molecule is CNC(C)(CCCOCC(F)(F)F)C(N)=O. The largest absolute Gasteiger partial charge is 0.411 e. The minimum absolute atomic E-state index is 0.0515. The number of rotatable bonds is 7. The smallest absolute Gasteiger partial charge is 0.372 e. The molecule has 1 unspecified atom stereocenters. The number of alkyl halides is 3. The molecule has 0 aromatic heterocycles. The van der Waals surface area contributed by atoms with Gasteiger partial charge in [-0.2, -0.15) is 13.2 Å². The van der Waals surface area contributed by atoms with Gasteiger partial charge in [0.1, 0.15) is 6.61 Å². The van der Waals surface area contributed by atoms with Crippen molar-refractivity contribution in [2.24, 2.45) is 5.73 Å². The lowest BCUT2D eigenvalue weighted by Crippen LogP contribution is -2.51. The van der Waals surface area contributed by atoms with Gasteiger partial charge >= 0.3 is 6.18 Å².